The van der Waals surface area contributed by atoms with Crippen LogP contribution in [0.4, 0.5) is 46.8 Å². The lowest BCUT2D eigenvalue weighted by molar-refractivity contribution is -0.182. The second-order valence-electron chi connectivity index (χ2n) is 11.3. The molecule has 2 fully saturated rings. The molecule has 250 valence electrons. The number of fused-ring (bicyclic) bond motifs is 1. The van der Waals surface area contributed by atoms with E-state index in [1.54, 1.807) is 0 Å². The van der Waals surface area contributed by atoms with Crippen molar-refractivity contribution in [2.75, 3.05) is 11.9 Å². The van der Waals surface area contributed by atoms with Gasteiger partial charge in [0.25, 0.3) is 18.2 Å². The van der Waals surface area contributed by atoms with Gasteiger partial charge in [-0.25, -0.2) is 8.78 Å². The molecule has 18 heteroatoms. The number of aromatic nitrogens is 3. The van der Waals surface area contributed by atoms with E-state index in [9.17, 15) is 49.8 Å². The van der Waals surface area contributed by atoms with E-state index in [4.69, 9.17) is 4.74 Å². The number of hydrogen-bond acceptors (Lipinski definition) is 7. The molecule has 2 aliphatic carbocycles. The number of amides is 2. The maximum atomic E-state index is 13.8. The molecule has 2 aromatic heterocycles. The van der Waals surface area contributed by atoms with Crippen molar-refractivity contribution in [3.8, 4) is 5.88 Å². The zero-order valence-electron chi connectivity index (χ0n) is 23.8. The van der Waals surface area contributed by atoms with Gasteiger partial charge in [0, 0.05) is 12.6 Å². The summed E-state index contributed by atoms with van der Waals surface area (Å²) in [6, 6.07) is 3.56. The summed E-state index contributed by atoms with van der Waals surface area (Å²) in [7, 11) is 0. The highest BCUT2D eigenvalue weighted by atomic mass is 19.4. The number of hydrogen-bond donors (Lipinski definition) is 5. The smallest absolute Gasteiger partial charge is 0.418 e. The molecule has 5 rings (SSSR count). The maximum Gasteiger partial charge on any atom is 0.418 e. The van der Waals surface area contributed by atoms with Gasteiger partial charge in [0.15, 0.2) is 12.3 Å². The summed E-state index contributed by atoms with van der Waals surface area (Å²) >= 11 is 0. The Hall–Kier alpha value is -4.22. The van der Waals surface area contributed by atoms with Crippen LogP contribution in [0.2, 0.25) is 0 Å². The van der Waals surface area contributed by atoms with E-state index in [1.807, 2.05) is 0 Å². The van der Waals surface area contributed by atoms with Crippen molar-refractivity contribution in [2.45, 2.75) is 75.5 Å². The molecule has 3 aromatic rings. The van der Waals surface area contributed by atoms with Crippen molar-refractivity contribution >= 4 is 34.6 Å². The molecule has 2 amide bonds. The normalized spacial score (nSPS) is 19.6. The number of carbonyl (C=O) groups excluding carboxylic acids is 2. The lowest BCUT2D eigenvalue weighted by Crippen LogP contribution is -2.40. The van der Waals surface area contributed by atoms with E-state index in [0.717, 1.165) is 24.3 Å². The van der Waals surface area contributed by atoms with Gasteiger partial charge in [-0.1, -0.05) is 6.07 Å². The number of ether oxygens (including phenoxy) is 1. The van der Waals surface area contributed by atoms with Crippen LogP contribution in [0.5, 0.6) is 5.88 Å². The largest absolute Gasteiger partial charge is 0.471 e. The number of imidazole rings is 1. The van der Waals surface area contributed by atoms with Gasteiger partial charge in [-0.3, -0.25) is 9.59 Å². The lowest BCUT2D eigenvalue weighted by Gasteiger charge is -2.30. The van der Waals surface area contributed by atoms with Crippen LogP contribution in [-0.4, -0.2) is 62.7 Å². The van der Waals surface area contributed by atoms with Gasteiger partial charge in [-0.15, -0.1) is 0 Å². The molecule has 2 heterocycles. The fourth-order valence-electron chi connectivity index (χ4n) is 5.10. The molecule has 5 N–H and O–H groups in total. The lowest BCUT2D eigenvalue weighted by atomic mass is 9.85. The number of nitrogens with one attached hydrogen (secondary N) is 4. The highest BCUT2D eigenvalue weighted by Crippen LogP contribution is 2.39. The van der Waals surface area contributed by atoms with Crippen molar-refractivity contribution in [2.24, 2.45) is 5.92 Å². The Morgan fingerprint density at radius 2 is 1.74 bits per heavy atom. The first-order valence-electron chi connectivity index (χ1n) is 14.2. The van der Waals surface area contributed by atoms with Gasteiger partial charge in [-0.05, 0) is 62.3 Å². The monoisotopic (exact) mass is 664 g/mol. The number of aromatic amines is 1. The van der Waals surface area contributed by atoms with Crippen molar-refractivity contribution in [1.29, 1.82) is 0 Å². The van der Waals surface area contributed by atoms with Gasteiger partial charge >= 0.3 is 12.4 Å². The number of H-pyrrole nitrogens is 1. The molecular formula is C28H28F8N6O4. The molecule has 0 radical (unpaired) electrons. The van der Waals surface area contributed by atoms with Gasteiger partial charge in [0.2, 0.25) is 11.8 Å². The Labute approximate surface area is 255 Å². The number of anilines is 2. The topological polar surface area (TPSA) is 141 Å². The summed E-state index contributed by atoms with van der Waals surface area (Å²) in [6.07, 6.45) is -11.9. The highest BCUT2D eigenvalue weighted by Gasteiger charge is 2.48. The fourth-order valence-corrected chi connectivity index (χ4v) is 5.10. The first-order valence-corrected chi connectivity index (χ1v) is 14.2. The van der Waals surface area contributed by atoms with Gasteiger partial charge in [0.1, 0.15) is 11.2 Å². The summed E-state index contributed by atoms with van der Waals surface area (Å²) < 4.78 is 111. The second-order valence-corrected chi connectivity index (χ2v) is 11.3. The molecule has 1 aromatic carbocycles. The minimum atomic E-state index is -4.81. The Balaban J connectivity index is 1.38. The third-order valence-electron chi connectivity index (χ3n) is 7.80. The number of nitrogens with zero attached hydrogens (tertiary/aromatic N) is 2. The van der Waals surface area contributed by atoms with Crippen LogP contribution in [0.3, 0.4) is 0 Å². The summed E-state index contributed by atoms with van der Waals surface area (Å²) in [6.45, 7) is -1.34. The third-order valence-corrected chi connectivity index (χ3v) is 7.80. The number of benzene rings is 1. The number of aliphatic hydroxyl groups is 1. The van der Waals surface area contributed by atoms with Crippen molar-refractivity contribution in [3.63, 3.8) is 0 Å². The third kappa shape index (κ3) is 7.76. The van der Waals surface area contributed by atoms with Crippen molar-refractivity contribution in [3.05, 3.63) is 41.0 Å². The maximum absolute atomic E-state index is 13.8. The standard InChI is InChI=1S/C28H28F8N6O4/c29-20(30)12-46-23-16(22(43)38-15-4-2-14(3-5-15)27(31,32)33)10-19-21(41-23)42-25(40-19)39-18-9-13(1-6-17(18)28(34,35)36)11-37-24(44)26(45)7-8-26/h1,6,9-10,14-15,20,45H,2-5,7-8,11-12H2,(H,37,44)(H,38,43)(H2,39,40,41,42). The Morgan fingerprint density at radius 1 is 1.04 bits per heavy atom. The van der Waals surface area contributed by atoms with Crippen molar-refractivity contribution in [1.82, 2.24) is 25.6 Å². The molecule has 0 aliphatic heterocycles. The molecule has 0 bridgehead atoms. The Bertz CT molecular complexity index is 1600. The highest BCUT2D eigenvalue weighted by molar-refractivity contribution is 5.99. The zero-order chi connectivity index (χ0) is 33.4. The number of rotatable bonds is 10. The number of carbonyl (C=O) groups is 2. The van der Waals surface area contributed by atoms with Crippen molar-refractivity contribution < 1.29 is 54.6 Å². The van der Waals surface area contributed by atoms with Crippen LogP contribution in [0.15, 0.2) is 24.3 Å². The summed E-state index contributed by atoms with van der Waals surface area (Å²) in [5.74, 6) is -3.83. The molecule has 0 saturated heterocycles. The molecule has 2 aliphatic rings. The zero-order valence-corrected chi connectivity index (χ0v) is 23.8. The van der Waals surface area contributed by atoms with E-state index in [2.05, 4.69) is 30.9 Å². The molecule has 0 unspecified atom stereocenters. The number of halogens is 8. The predicted molar refractivity (Wildman–Crippen MR) is 145 cm³/mol. The second kappa shape index (κ2) is 12.5. The van der Waals surface area contributed by atoms with Crippen LogP contribution < -0.4 is 20.7 Å². The fraction of sp³-hybridized carbons (Fsp3) is 0.500. The Morgan fingerprint density at radius 3 is 2.35 bits per heavy atom. The van der Waals surface area contributed by atoms with E-state index in [-0.39, 0.29) is 73.3 Å². The van der Waals surface area contributed by atoms with Gasteiger partial charge in [0.05, 0.1) is 22.7 Å². The average molecular weight is 665 g/mol. The van der Waals surface area contributed by atoms with Gasteiger partial charge < -0.3 is 30.8 Å². The van der Waals surface area contributed by atoms with Gasteiger partial charge in [-0.2, -0.15) is 36.3 Å². The first kappa shape index (κ1) is 33.2. The molecule has 0 spiro atoms. The minimum Gasteiger partial charge on any atom is -0.471 e. The van der Waals surface area contributed by atoms with E-state index >= 15 is 0 Å². The molecule has 46 heavy (non-hydrogen) atoms. The molecule has 2 saturated carbocycles. The summed E-state index contributed by atoms with van der Waals surface area (Å²) in [4.78, 5) is 35.9. The SMILES string of the molecule is O=C(NC1CCC(C(F)(F)F)CC1)c1cc2[nH]c(Nc3cc(CNC(=O)C4(O)CC4)ccc3C(F)(F)F)nc2nc1OCC(F)F. The Kier molecular flexibility index (Phi) is 9.03. The van der Waals surface area contributed by atoms with Crippen LogP contribution >= 0.6 is 0 Å². The quantitative estimate of drug-likeness (QED) is 0.184. The first-order chi connectivity index (χ1) is 21.5. The summed E-state index contributed by atoms with van der Waals surface area (Å²) in [5.41, 5.74) is -3.31. The molecular weight excluding hydrogens is 636 g/mol. The van der Waals surface area contributed by atoms with Crippen LogP contribution in [0, 0.1) is 5.92 Å². The van der Waals surface area contributed by atoms with Crippen LogP contribution in [0.1, 0.15) is 60.0 Å². The summed E-state index contributed by atoms with van der Waals surface area (Å²) in [5, 5.41) is 17.4. The number of pyridine rings is 1. The molecule has 10 nitrogen and oxygen atoms in total. The van der Waals surface area contributed by atoms with Crippen LogP contribution in [0.25, 0.3) is 11.2 Å². The van der Waals surface area contributed by atoms with E-state index in [1.165, 1.54) is 0 Å². The minimum absolute atomic E-state index is 0.00693. The average Bonchev–Trinajstić information content (AvgIpc) is 3.61. The van der Waals surface area contributed by atoms with Crippen LogP contribution in [-0.2, 0) is 17.5 Å². The van der Waals surface area contributed by atoms with E-state index in [0.29, 0.717) is 0 Å². The number of alkyl halides is 8. The predicted octanol–water partition coefficient (Wildman–Crippen LogP) is 5.36. The molecule has 0 atom stereocenters. The van der Waals surface area contributed by atoms with E-state index < -0.39 is 71.9 Å².